The van der Waals surface area contributed by atoms with Gasteiger partial charge in [0.25, 0.3) is 0 Å². The average molecular weight is 547 g/mol. The van der Waals surface area contributed by atoms with Crippen molar-refractivity contribution in [2.75, 3.05) is 13.1 Å². The molecule has 232 valence electrons. The van der Waals surface area contributed by atoms with Crippen LogP contribution in [0.1, 0.15) is 207 Å². The van der Waals surface area contributed by atoms with Crippen LogP contribution in [0.25, 0.3) is 0 Å². The fourth-order valence-electron chi connectivity index (χ4n) is 6.36. The van der Waals surface area contributed by atoms with Crippen LogP contribution in [-0.2, 0) is 0 Å². The van der Waals surface area contributed by atoms with Crippen molar-refractivity contribution in [1.29, 1.82) is 0 Å². The minimum Gasteiger partial charge on any atom is -0.356 e. The maximum Gasteiger partial charge on any atom is 0.101 e. The van der Waals surface area contributed by atoms with Crippen LogP contribution >= 0.6 is 0 Å². The van der Waals surface area contributed by atoms with Crippen molar-refractivity contribution < 1.29 is 0 Å². The number of unbranched alkanes of at least 4 members (excludes halogenated alkanes) is 25. The Morgan fingerprint density at radius 3 is 0.923 bits per heavy atom. The molecule has 0 amide bonds. The number of rotatable bonds is 31. The molecule has 0 saturated carbocycles. The molecule has 0 saturated heterocycles. The summed E-state index contributed by atoms with van der Waals surface area (Å²) < 4.78 is 0. The average Bonchev–Trinajstić information content (AvgIpc) is 3.33. The molecular formula is C37H74N2. The zero-order chi connectivity index (χ0) is 28.1. The molecule has 1 aliphatic heterocycles. The topological polar surface area (TPSA) is 6.48 Å². The number of hydrogen-bond donors (Lipinski definition) is 0. The van der Waals surface area contributed by atoms with Crippen LogP contribution in [0.3, 0.4) is 0 Å². The van der Waals surface area contributed by atoms with Crippen molar-refractivity contribution in [2.24, 2.45) is 0 Å². The zero-order valence-corrected chi connectivity index (χ0v) is 27.5. The predicted molar refractivity (Wildman–Crippen MR) is 177 cm³/mol. The first-order valence-electron chi connectivity index (χ1n) is 18.5. The van der Waals surface area contributed by atoms with Gasteiger partial charge >= 0.3 is 0 Å². The molecule has 0 fully saturated rings. The minimum atomic E-state index is 0.642. The number of nitrogens with zero attached hydrogens (tertiary/aromatic N) is 2. The van der Waals surface area contributed by atoms with Gasteiger partial charge in [-0.1, -0.05) is 181 Å². The van der Waals surface area contributed by atoms with Crippen molar-refractivity contribution in [1.82, 2.24) is 9.80 Å². The standard InChI is InChI=1S/C37H74N2/c1-4-7-10-13-15-17-18-19-20-21-22-23-24-26-28-31-34-39-36-35-38(33-30-12-9-6-3)37(39)32-29-27-25-16-14-11-8-5-2/h35-37H,4-34H2,1-3H3. The Kier molecular flexibility index (Phi) is 26.9. The summed E-state index contributed by atoms with van der Waals surface area (Å²) in [6, 6.07) is 0. The molecule has 2 nitrogen and oxygen atoms in total. The van der Waals surface area contributed by atoms with E-state index in [0.29, 0.717) is 6.17 Å². The van der Waals surface area contributed by atoms with Crippen LogP contribution in [0, 0.1) is 0 Å². The highest BCUT2D eigenvalue weighted by Crippen LogP contribution is 2.24. The first kappa shape index (κ1) is 36.4. The van der Waals surface area contributed by atoms with Crippen LogP contribution in [0.5, 0.6) is 0 Å². The first-order valence-corrected chi connectivity index (χ1v) is 18.5. The van der Waals surface area contributed by atoms with Crippen LogP contribution in [0.2, 0.25) is 0 Å². The third-order valence-electron chi connectivity index (χ3n) is 9.07. The highest BCUT2D eigenvalue weighted by molar-refractivity contribution is 4.97. The van der Waals surface area contributed by atoms with Gasteiger partial charge in [0.2, 0.25) is 0 Å². The van der Waals surface area contributed by atoms with Gasteiger partial charge in [0, 0.05) is 25.5 Å². The largest absolute Gasteiger partial charge is 0.356 e. The smallest absolute Gasteiger partial charge is 0.101 e. The molecule has 2 heteroatoms. The summed E-state index contributed by atoms with van der Waals surface area (Å²) in [7, 11) is 0. The van der Waals surface area contributed by atoms with Gasteiger partial charge in [-0.3, -0.25) is 0 Å². The van der Waals surface area contributed by atoms with E-state index in [0.717, 1.165) is 0 Å². The van der Waals surface area contributed by atoms with Gasteiger partial charge in [0.15, 0.2) is 0 Å². The van der Waals surface area contributed by atoms with Gasteiger partial charge < -0.3 is 9.80 Å². The Morgan fingerprint density at radius 1 is 0.333 bits per heavy atom. The minimum absolute atomic E-state index is 0.642. The Morgan fingerprint density at radius 2 is 0.590 bits per heavy atom. The molecule has 0 N–H and O–H groups in total. The molecule has 1 aliphatic rings. The lowest BCUT2D eigenvalue weighted by Gasteiger charge is -2.33. The van der Waals surface area contributed by atoms with Crippen molar-refractivity contribution in [3.8, 4) is 0 Å². The lowest BCUT2D eigenvalue weighted by atomic mass is 10.0. The summed E-state index contributed by atoms with van der Waals surface area (Å²) >= 11 is 0. The molecule has 0 aliphatic carbocycles. The van der Waals surface area contributed by atoms with E-state index in [1.165, 1.54) is 199 Å². The van der Waals surface area contributed by atoms with Crippen LogP contribution in [-0.4, -0.2) is 29.1 Å². The maximum atomic E-state index is 2.70. The van der Waals surface area contributed by atoms with Gasteiger partial charge in [0.05, 0.1) is 0 Å². The summed E-state index contributed by atoms with van der Waals surface area (Å²) in [5.74, 6) is 0. The van der Waals surface area contributed by atoms with Crippen molar-refractivity contribution in [2.45, 2.75) is 213 Å². The molecule has 0 radical (unpaired) electrons. The SMILES string of the molecule is CCCCCCCCCCCCCCCCCCN1C=CN(CCCCCC)C1CCCCCCCCCC. The van der Waals surface area contributed by atoms with Gasteiger partial charge in [-0.15, -0.1) is 0 Å². The Balaban J connectivity index is 2.09. The molecule has 0 aromatic rings. The van der Waals surface area contributed by atoms with E-state index in [-0.39, 0.29) is 0 Å². The second-order valence-electron chi connectivity index (χ2n) is 12.9. The van der Waals surface area contributed by atoms with Crippen LogP contribution in [0.15, 0.2) is 12.4 Å². The van der Waals surface area contributed by atoms with E-state index in [2.05, 4.69) is 43.0 Å². The van der Waals surface area contributed by atoms with Gasteiger partial charge in [0.1, 0.15) is 6.17 Å². The van der Waals surface area contributed by atoms with Crippen molar-refractivity contribution >= 4 is 0 Å². The summed E-state index contributed by atoms with van der Waals surface area (Å²) in [5.41, 5.74) is 0. The fraction of sp³-hybridized carbons (Fsp3) is 0.946. The van der Waals surface area contributed by atoms with Crippen LogP contribution in [0.4, 0.5) is 0 Å². The Bertz CT molecular complexity index is 502. The normalized spacial score (nSPS) is 15.2. The summed E-state index contributed by atoms with van der Waals surface area (Å²) in [5, 5.41) is 0. The monoisotopic (exact) mass is 547 g/mol. The van der Waals surface area contributed by atoms with Gasteiger partial charge in [-0.2, -0.15) is 0 Å². The molecule has 0 bridgehead atoms. The molecule has 1 unspecified atom stereocenters. The van der Waals surface area contributed by atoms with E-state index in [9.17, 15) is 0 Å². The summed E-state index contributed by atoms with van der Waals surface area (Å²) in [6.45, 7) is 9.47. The summed E-state index contributed by atoms with van der Waals surface area (Å²) in [4.78, 5) is 5.38. The van der Waals surface area contributed by atoms with E-state index in [4.69, 9.17) is 0 Å². The summed E-state index contributed by atoms with van der Waals surface area (Å²) in [6.07, 6.45) is 47.0. The highest BCUT2D eigenvalue weighted by atomic mass is 15.4. The van der Waals surface area contributed by atoms with Crippen LogP contribution < -0.4 is 0 Å². The lowest BCUT2D eigenvalue weighted by molar-refractivity contribution is 0.135. The van der Waals surface area contributed by atoms with E-state index in [1.807, 2.05) is 0 Å². The maximum absolute atomic E-state index is 2.70. The molecular weight excluding hydrogens is 472 g/mol. The quantitative estimate of drug-likeness (QED) is 0.0798. The molecule has 0 aromatic carbocycles. The van der Waals surface area contributed by atoms with Gasteiger partial charge in [-0.05, 0) is 25.7 Å². The zero-order valence-electron chi connectivity index (χ0n) is 27.5. The molecule has 1 atom stereocenters. The predicted octanol–water partition coefficient (Wildman–Crippen LogP) is 12.8. The second-order valence-corrected chi connectivity index (χ2v) is 12.9. The van der Waals surface area contributed by atoms with E-state index in [1.54, 1.807) is 0 Å². The van der Waals surface area contributed by atoms with E-state index < -0.39 is 0 Å². The van der Waals surface area contributed by atoms with Crippen molar-refractivity contribution in [3.05, 3.63) is 12.4 Å². The number of hydrogen-bond acceptors (Lipinski definition) is 2. The molecule has 39 heavy (non-hydrogen) atoms. The Labute approximate surface area is 248 Å². The molecule has 1 rings (SSSR count). The fourth-order valence-corrected chi connectivity index (χ4v) is 6.36. The highest BCUT2D eigenvalue weighted by Gasteiger charge is 2.24. The first-order chi connectivity index (χ1) is 19.3. The van der Waals surface area contributed by atoms with E-state index >= 15 is 0 Å². The molecule has 0 spiro atoms. The Hall–Kier alpha value is -0.660. The second kappa shape index (κ2) is 28.9. The molecule has 1 heterocycles. The lowest BCUT2D eigenvalue weighted by Crippen LogP contribution is -2.39. The van der Waals surface area contributed by atoms with Crippen molar-refractivity contribution in [3.63, 3.8) is 0 Å². The third kappa shape index (κ3) is 21.7. The van der Waals surface area contributed by atoms with Gasteiger partial charge in [-0.25, -0.2) is 0 Å². The third-order valence-corrected chi connectivity index (χ3v) is 9.07. The molecule has 0 aromatic heterocycles.